The summed E-state index contributed by atoms with van der Waals surface area (Å²) in [5, 5.41) is 0. The van der Waals surface area contributed by atoms with Gasteiger partial charge in [0.25, 0.3) is 5.91 Å². The molecule has 2 aliphatic heterocycles. The zero-order valence-corrected chi connectivity index (χ0v) is 15.8. The average Bonchev–Trinajstić information content (AvgIpc) is 2.94. The van der Waals surface area contributed by atoms with E-state index in [4.69, 9.17) is 4.74 Å². The Morgan fingerprint density at radius 1 is 1.44 bits per heavy atom. The van der Waals surface area contributed by atoms with Crippen LogP contribution in [0.15, 0.2) is 18.3 Å². The van der Waals surface area contributed by atoms with Crippen molar-refractivity contribution < 1.29 is 17.9 Å². The van der Waals surface area contributed by atoms with E-state index < -0.39 is 10.0 Å². The number of piperidine rings is 1. The maximum Gasteiger partial charge on any atom is 0.255 e. The molecule has 1 amide bonds. The summed E-state index contributed by atoms with van der Waals surface area (Å²) < 4.78 is 30.9. The monoisotopic (exact) mass is 367 g/mol. The first-order chi connectivity index (χ1) is 11.8. The van der Waals surface area contributed by atoms with Crippen molar-refractivity contribution >= 4 is 15.9 Å². The summed E-state index contributed by atoms with van der Waals surface area (Å²) >= 11 is 0. The molecule has 2 atom stereocenters. The number of hydrogen-bond acceptors (Lipinski definition) is 5. The summed E-state index contributed by atoms with van der Waals surface area (Å²) in [4.78, 5) is 18.9. The van der Waals surface area contributed by atoms with Gasteiger partial charge in [0.05, 0.1) is 18.4 Å². The molecule has 0 N–H and O–H groups in total. The maximum atomic E-state index is 12.9. The van der Waals surface area contributed by atoms with Gasteiger partial charge in [-0.25, -0.2) is 12.7 Å². The lowest BCUT2D eigenvalue weighted by atomic mass is 9.73. The molecule has 8 heteroatoms. The highest BCUT2D eigenvalue weighted by atomic mass is 32.2. The van der Waals surface area contributed by atoms with E-state index in [1.165, 1.54) is 10.6 Å². The lowest BCUT2D eigenvalue weighted by Crippen LogP contribution is -2.51. The highest BCUT2D eigenvalue weighted by molar-refractivity contribution is 7.88. The van der Waals surface area contributed by atoms with Crippen LogP contribution < -0.4 is 0 Å². The zero-order chi connectivity index (χ0) is 18.2. The number of carbonyl (C=O) groups excluding carboxylic acids is 1. The molecule has 0 bridgehead atoms. The summed E-state index contributed by atoms with van der Waals surface area (Å²) in [6, 6.07) is 3.56. The minimum Gasteiger partial charge on any atom is -0.384 e. The van der Waals surface area contributed by atoms with Crippen LogP contribution in [0.2, 0.25) is 0 Å². The molecule has 0 unspecified atom stereocenters. The van der Waals surface area contributed by atoms with Crippen molar-refractivity contribution in [2.45, 2.75) is 13.3 Å². The van der Waals surface area contributed by atoms with E-state index in [2.05, 4.69) is 4.98 Å². The molecule has 0 aliphatic carbocycles. The van der Waals surface area contributed by atoms with Crippen molar-refractivity contribution in [2.24, 2.45) is 11.3 Å². The molecule has 3 heterocycles. The van der Waals surface area contributed by atoms with Crippen LogP contribution in [-0.4, -0.2) is 74.7 Å². The van der Waals surface area contributed by atoms with E-state index in [1.54, 1.807) is 25.4 Å². The Kier molecular flexibility index (Phi) is 4.87. The lowest BCUT2D eigenvalue weighted by Gasteiger charge is -2.43. The predicted octanol–water partition coefficient (Wildman–Crippen LogP) is 0.760. The second kappa shape index (κ2) is 6.66. The second-order valence-electron chi connectivity index (χ2n) is 7.19. The van der Waals surface area contributed by atoms with Gasteiger partial charge in [0.15, 0.2) is 0 Å². The smallest absolute Gasteiger partial charge is 0.255 e. The molecular weight excluding hydrogens is 342 g/mol. The Balaban J connectivity index is 1.82. The third kappa shape index (κ3) is 3.43. The van der Waals surface area contributed by atoms with Crippen LogP contribution in [0.3, 0.4) is 0 Å². The van der Waals surface area contributed by atoms with Gasteiger partial charge in [-0.2, -0.15) is 0 Å². The van der Waals surface area contributed by atoms with E-state index in [-0.39, 0.29) is 17.2 Å². The van der Waals surface area contributed by atoms with Crippen molar-refractivity contribution in [2.75, 3.05) is 46.2 Å². The maximum absolute atomic E-state index is 12.9. The summed E-state index contributed by atoms with van der Waals surface area (Å²) in [7, 11) is -1.61. The van der Waals surface area contributed by atoms with Gasteiger partial charge in [-0.1, -0.05) is 0 Å². The van der Waals surface area contributed by atoms with Crippen LogP contribution in [0.4, 0.5) is 0 Å². The SMILES string of the molecule is COC[C@@]12CCN(C(=O)c3cccnc3C)C[C@@H]1CN(S(C)(=O)=O)C2. The van der Waals surface area contributed by atoms with Crippen LogP contribution in [0, 0.1) is 18.3 Å². The topological polar surface area (TPSA) is 79.8 Å². The van der Waals surface area contributed by atoms with Gasteiger partial charge in [-0.05, 0) is 31.4 Å². The number of likely N-dealkylation sites (tertiary alicyclic amines) is 1. The normalized spacial score (nSPS) is 27.3. The average molecular weight is 367 g/mol. The number of carbonyl (C=O) groups is 1. The van der Waals surface area contributed by atoms with Crippen LogP contribution >= 0.6 is 0 Å². The number of hydrogen-bond donors (Lipinski definition) is 0. The number of pyridine rings is 1. The van der Waals surface area contributed by atoms with Gasteiger partial charge in [0.1, 0.15) is 0 Å². The van der Waals surface area contributed by atoms with Gasteiger partial charge in [0, 0.05) is 50.6 Å². The zero-order valence-electron chi connectivity index (χ0n) is 14.9. The number of aromatic nitrogens is 1. The molecular formula is C17H25N3O4S. The standard InChI is InChI=1S/C17H25N3O4S/c1-13-15(5-4-7-18-13)16(21)19-8-6-17(12-24-2)11-20(25(3,22)23)10-14(17)9-19/h4-5,7,14H,6,8-12H2,1-3H3/t14-,17+/m1/s1. The van der Waals surface area contributed by atoms with Crippen molar-refractivity contribution in [1.82, 2.24) is 14.2 Å². The minimum atomic E-state index is -3.25. The first-order valence-corrected chi connectivity index (χ1v) is 10.3. The molecule has 2 fully saturated rings. The van der Waals surface area contributed by atoms with Gasteiger partial charge in [0.2, 0.25) is 10.0 Å². The Bertz CT molecular complexity index is 767. The van der Waals surface area contributed by atoms with E-state index >= 15 is 0 Å². The highest BCUT2D eigenvalue weighted by Gasteiger charge is 2.52. The van der Waals surface area contributed by atoms with Gasteiger partial charge in [-0.3, -0.25) is 9.78 Å². The Morgan fingerprint density at radius 2 is 2.20 bits per heavy atom. The molecule has 0 aromatic carbocycles. The van der Waals surface area contributed by atoms with Crippen molar-refractivity contribution in [3.8, 4) is 0 Å². The minimum absolute atomic E-state index is 0.0329. The van der Waals surface area contributed by atoms with Crippen molar-refractivity contribution in [3.05, 3.63) is 29.6 Å². The molecule has 2 aliphatic rings. The van der Waals surface area contributed by atoms with Gasteiger partial charge in [-0.15, -0.1) is 0 Å². The third-order valence-corrected chi connectivity index (χ3v) is 6.74. The first-order valence-electron chi connectivity index (χ1n) is 8.42. The van der Waals surface area contributed by atoms with Crippen LogP contribution in [0.25, 0.3) is 0 Å². The summed E-state index contributed by atoms with van der Waals surface area (Å²) in [6.45, 7) is 4.40. The first kappa shape index (κ1) is 18.3. The molecule has 1 aromatic rings. The Morgan fingerprint density at radius 3 is 2.84 bits per heavy atom. The summed E-state index contributed by atoms with van der Waals surface area (Å²) in [5.74, 6) is 0.0475. The van der Waals surface area contributed by atoms with Crippen molar-refractivity contribution in [1.29, 1.82) is 0 Å². The fourth-order valence-corrected chi connectivity index (χ4v) is 5.02. The van der Waals surface area contributed by atoms with Gasteiger partial charge < -0.3 is 9.64 Å². The predicted molar refractivity (Wildman–Crippen MR) is 93.7 cm³/mol. The molecule has 138 valence electrons. The van der Waals surface area contributed by atoms with Gasteiger partial charge >= 0.3 is 0 Å². The largest absolute Gasteiger partial charge is 0.384 e. The van der Waals surface area contributed by atoms with E-state index in [0.29, 0.717) is 44.0 Å². The molecule has 3 rings (SSSR count). The fraction of sp³-hybridized carbons (Fsp3) is 0.647. The number of aryl methyl sites for hydroxylation is 1. The van der Waals surface area contributed by atoms with Crippen LogP contribution in [0.5, 0.6) is 0 Å². The van der Waals surface area contributed by atoms with Crippen LogP contribution in [0.1, 0.15) is 22.5 Å². The molecule has 25 heavy (non-hydrogen) atoms. The van der Waals surface area contributed by atoms with E-state index in [9.17, 15) is 13.2 Å². The number of sulfonamides is 1. The molecule has 7 nitrogen and oxygen atoms in total. The van der Waals surface area contributed by atoms with E-state index in [1.807, 2.05) is 11.8 Å². The highest BCUT2D eigenvalue weighted by Crippen LogP contribution is 2.44. The number of ether oxygens (including phenoxy) is 1. The Hall–Kier alpha value is -1.51. The molecule has 0 saturated carbocycles. The molecule has 2 saturated heterocycles. The Labute approximate surface area is 149 Å². The van der Waals surface area contributed by atoms with Crippen molar-refractivity contribution in [3.63, 3.8) is 0 Å². The molecule has 1 aromatic heterocycles. The van der Waals surface area contributed by atoms with Crippen LogP contribution in [-0.2, 0) is 14.8 Å². The number of rotatable bonds is 4. The molecule has 0 spiro atoms. The summed E-state index contributed by atoms with van der Waals surface area (Å²) in [6.07, 6.45) is 3.65. The molecule has 0 radical (unpaired) electrons. The second-order valence-corrected chi connectivity index (χ2v) is 9.17. The third-order valence-electron chi connectivity index (χ3n) is 5.53. The van der Waals surface area contributed by atoms with E-state index in [0.717, 1.165) is 6.42 Å². The fourth-order valence-electron chi connectivity index (χ4n) is 4.07. The number of amides is 1. The lowest BCUT2D eigenvalue weighted by molar-refractivity contribution is 0.00338. The number of fused-ring (bicyclic) bond motifs is 1. The number of methoxy groups -OCH3 is 1. The summed E-state index contributed by atoms with van der Waals surface area (Å²) in [5.41, 5.74) is 1.11. The number of nitrogens with zero attached hydrogens (tertiary/aromatic N) is 3. The quantitative estimate of drug-likeness (QED) is 0.785.